The summed E-state index contributed by atoms with van der Waals surface area (Å²) in [5.74, 6) is 2.61. The van der Waals surface area contributed by atoms with Crippen molar-refractivity contribution in [2.75, 3.05) is 5.32 Å². The van der Waals surface area contributed by atoms with E-state index in [0.717, 1.165) is 41.3 Å². The molecule has 0 heterocycles. The Labute approximate surface area is 178 Å². The van der Waals surface area contributed by atoms with Crippen molar-refractivity contribution in [3.05, 3.63) is 83.9 Å². The van der Waals surface area contributed by atoms with Gasteiger partial charge in [-0.1, -0.05) is 49.7 Å². The fraction of sp³-hybridized carbons (Fsp3) is 0.269. The molecule has 0 unspecified atom stereocenters. The number of anilines is 1. The van der Waals surface area contributed by atoms with Gasteiger partial charge in [-0.15, -0.1) is 0 Å². The van der Waals surface area contributed by atoms with Crippen molar-refractivity contribution >= 4 is 11.6 Å². The van der Waals surface area contributed by atoms with Crippen molar-refractivity contribution in [1.82, 2.24) is 0 Å². The van der Waals surface area contributed by atoms with E-state index in [2.05, 4.69) is 5.32 Å². The summed E-state index contributed by atoms with van der Waals surface area (Å²) >= 11 is 0. The predicted molar refractivity (Wildman–Crippen MR) is 121 cm³/mol. The Kier molecular flexibility index (Phi) is 7.50. The van der Waals surface area contributed by atoms with Crippen LogP contribution in [-0.4, -0.2) is 5.91 Å². The van der Waals surface area contributed by atoms with Gasteiger partial charge in [-0.2, -0.15) is 0 Å². The highest BCUT2D eigenvalue weighted by atomic mass is 16.5. The molecular weight excluding hydrogens is 374 g/mol. The lowest BCUT2D eigenvalue weighted by molar-refractivity contribution is -0.117. The zero-order chi connectivity index (χ0) is 21.3. The van der Waals surface area contributed by atoms with Gasteiger partial charge in [-0.3, -0.25) is 4.79 Å². The van der Waals surface area contributed by atoms with E-state index < -0.39 is 0 Å². The van der Waals surface area contributed by atoms with E-state index in [-0.39, 0.29) is 11.8 Å². The van der Waals surface area contributed by atoms with Crippen LogP contribution in [0.3, 0.4) is 0 Å². The minimum atomic E-state index is 0.120. The maximum Gasteiger partial charge on any atom is 0.227 e. The van der Waals surface area contributed by atoms with Gasteiger partial charge in [-0.05, 0) is 61.7 Å². The maximum atomic E-state index is 11.8. The van der Waals surface area contributed by atoms with E-state index in [1.54, 1.807) is 0 Å². The number of carbonyl (C=O) groups excluding carboxylic acids is 1. The van der Waals surface area contributed by atoms with Gasteiger partial charge in [0, 0.05) is 17.7 Å². The smallest absolute Gasteiger partial charge is 0.227 e. The van der Waals surface area contributed by atoms with Crippen LogP contribution in [0.15, 0.2) is 72.8 Å². The largest absolute Gasteiger partial charge is 0.489 e. The molecule has 30 heavy (non-hydrogen) atoms. The van der Waals surface area contributed by atoms with Gasteiger partial charge >= 0.3 is 0 Å². The number of hydrogen-bond acceptors (Lipinski definition) is 3. The Hall–Kier alpha value is -3.27. The lowest BCUT2D eigenvalue weighted by atomic mass is 10.2. The van der Waals surface area contributed by atoms with E-state index in [9.17, 15) is 4.79 Å². The molecule has 4 nitrogen and oxygen atoms in total. The van der Waals surface area contributed by atoms with Crippen molar-refractivity contribution in [2.45, 2.75) is 40.2 Å². The van der Waals surface area contributed by atoms with Crippen LogP contribution < -0.4 is 14.8 Å². The molecule has 4 heteroatoms. The van der Waals surface area contributed by atoms with Crippen molar-refractivity contribution in [1.29, 1.82) is 0 Å². The number of amides is 1. The van der Waals surface area contributed by atoms with Gasteiger partial charge in [0.25, 0.3) is 0 Å². The fourth-order valence-corrected chi connectivity index (χ4v) is 2.81. The normalized spacial score (nSPS) is 12.4. The van der Waals surface area contributed by atoms with Crippen LogP contribution in [0.5, 0.6) is 17.2 Å². The number of carbonyl (C=O) groups is 1. The SMILES string of the molecule is CC.Cc1ccc(Oc2cccc(OCc3ccc(NC(=O)C4CC4)cc3)c2)cc1. The molecule has 0 bridgehead atoms. The molecule has 0 aromatic heterocycles. The van der Waals surface area contributed by atoms with Crippen LogP contribution in [0.4, 0.5) is 5.69 Å². The lowest BCUT2D eigenvalue weighted by Gasteiger charge is -2.10. The highest BCUT2D eigenvalue weighted by molar-refractivity contribution is 5.93. The molecule has 1 aliphatic rings. The average molecular weight is 404 g/mol. The fourth-order valence-electron chi connectivity index (χ4n) is 2.81. The molecule has 1 saturated carbocycles. The minimum Gasteiger partial charge on any atom is -0.489 e. The zero-order valence-corrected chi connectivity index (χ0v) is 17.9. The minimum absolute atomic E-state index is 0.120. The lowest BCUT2D eigenvalue weighted by Crippen LogP contribution is -2.13. The number of hydrogen-bond donors (Lipinski definition) is 1. The first kappa shape index (κ1) is 21.4. The first-order chi connectivity index (χ1) is 14.7. The second-order valence-corrected chi connectivity index (χ2v) is 7.14. The van der Waals surface area contributed by atoms with Crippen LogP contribution in [0, 0.1) is 12.8 Å². The highest BCUT2D eigenvalue weighted by Gasteiger charge is 2.29. The standard InChI is InChI=1S/C24H23NO3.C2H6/c1-17-5-13-21(14-6-17)28-23-4-2-3-22(15-23)27-16-18-7-11-20(12-8-18)25-24(26)19-9-10-19;1-2/h2-8,11-15,19H,9-10,16H2,1H3,(H,25,26);1-2H3. The number of ether oxygens (including phenoxy) is 2. The Morgan fingerprint density at radius 1 is 0.900 bits per heavy atom. The second-order valence-electron chi connectivity index (χ2n) is 7.14. The molecular formula is C26H29NO3. The second kappa shape index (κ2) is 10.5. The van der Waals surface area contributed by atoms with Crippen LogP contribution in [0.2, 0.25) is 0 Å². The number of nitrogens with one attached hydrogen (secondary N) is 1. The number of rotatable bonds is 7. The molecule has 3 aromatic rings. The third-order valence-corrected chi connectivity index (χ3v) is 4.64. The molecule has 0 spiro atoms. The predicted octanol–water partition coefficient (Wildman–Crippen LogP) is 6.74. The molecule has 1 fully saturated rings. The van der Waals surface area contributed by atoms with E-state index in [1.807, 2.05) is 93.6 Å². The van der Waals surface area contributed by atoms with Gasteiger partial charge in [0.1, 0.15) is 23.9 Å². The third kappa shape index (κ3) is 6.38. The maximum absolute atomic E-state index is 11.8. The molecule has 0 saturated heterocycles. The van der Waals surface area contributed by atoms with Gasteiger partial charge in [0.2, 0.25) is 5.91 Å². The van der Waals surface area contributed by atoms with Crippen molar-refractivity contribution in [3.63, 3.8) is 0 Å². The summed E-state index contributed by atoms with van der Waals surface area (Å²) in [7, 11) is 0. The molecule has 1 amide bonds. The molecule has 4 rings (SSSR count). The summed E-state index contributed by atoms with van der Waals surface area (Å²) in [4.78, 5) is 11.8. The first-order valence-corrected chi connectivity index (χ1v) is 10.5. The Morgan fingerprint density at radius 3 is 2.23 bits per heavy atom. The number of benzene rings is 3. The van der Waals surface area contributed by atoms with Gasteiger partial charge in [0.15, 0.2) is 0 Å². The quantitative estimate of drug-likeness (QED) is 0.475. The van der Waals surface area contributed by atoms with Crippen molar-refractivity contribution < 1.29 is 14.3 Å². The van der Waals surface area contributed by atoms with E-state index in [4.69, 9.17) is 9.47 Å². The van der Waals surface area contributed by atoms with Gasteiger partial charge < -0.3 is 14.8 Å². The van der Waals surface area contributed by atoms with E-state index >= 15 is 0 Å². The Morgan fingerprint density at radius 2 is 1.57 bits per heavy atom. The number of aryl methyl sites for hydroxylation is 1. The average Bonchev–Trinajstić information content (AvgIpc) is 3.62. The molecule has 3 aromatic carbocycles. The monoisotopic (exact) mass is 403 g/mol. The molecule has 1 aliphatic carbocycles. The Bertz CT molecular complexity index is 945. The van der Waals surface area contributed by atoms with Gasteiger partial charge in [0.05, 0.1) is 0 Å². The molecule has 0 aliphatic heterocycles. The van der Waals surface area contributed by atoms with Crippen LogP contribution in [0.1, 0.15) is 37.8 Å². The molecule has 0 atom stereocenters. The summed E-state index contributed by atoms with van der Waals surface area (Å²) < 4.78 is 11.8. The summed E-state index contributed by atoms with van der Waals surface area (Å²) in [5, 5.41) is 2.94. The van der Waals surface area contributed by atoms with Crippen LogP contribution >= 0.6 is 0 Å². The highest BCUT2D eigenvalue weighted by Crippen LogP contribution is 2.30. The van der Waals surface area contributed by atoms with Gasteiger partial charge in [-0.25, -0.2) is 0 Å². The summed E-state index contributed by atoms with van der Waals surface area (Å²) in [5.41, 5.74) is 3.06. The van der Waals surface area contributed by atoms with Crippen molar-refractivity contribution in [2.24, 2.45) is 5.92 Å². The third-order valence-electron chi connectivity index (χ3n) is 4.64. The summed E-state index contributed by atoms with van der Waals surface area (Å²) in [6.45, 7) is 6.50. The molecule has 0 radical (unpaired) electrons. The van der Waals surface area contributed by atoms with E-state index in [0.29, 0.717) is 6.61 Å². The van der Waals surface area contributed by atoms with Crippen molar-refractivity contribution in [3.8, 4) is 17.2 Å². The summed E-state index contributed by atoms with van der Waals surface area (Å²) in [6.07, 6.45) is 2.01. The van der Waals surface area contributed by atoms with Crippen LogP contribution in [0.25, 0.3) is 0 Å². The summed E-state index contributed by atoms with van der Waals surface area (Å²) in [6, 6.07) is 23.3. The zero-order valence-electron chi connectivity index (χ0n) is 17.9. The first-order valence-electron chi connectivity index (χ1n) is 10.5. The van der Waals surface area contributed by atoms with E-state index in [1.165, 1.54) is 5.56 Å². The molecule has 156 valence electrons. The topological polar surface area (TPSA) is 47.6 Å². The Balaban J connectivity index is 0.00000124. The van der Waals surface area contributed by atoms with Crippen LogP contribution in [-0.2, 0) is 11.4 Å². The molecule has 1 N–H and O–H groups in total.